The van der Waals surface area contributed by atoms with Crippen molar-refractivity contribution in [3.05, 3.63) is 70.9 Å². The Bertz CT molecular complexity index is 659. The second-order valence-electron chi connectivity index (χ2n) is 9.40. The van der Waals surface area contributed by atoms with Gasteiger partial charge in [-0.05, 0) is 107 Å². The Labute approximate surface area is 205 Å². The molecule has 0 fully saturated rings. The van der Waals surface area contributed by atoms with Gasteiger partial charge in [0.25, 0.3) is 0 Å². The van der Waals surface area contributed by atoms with Crippen molar-refractivity contribution < 1.29 is 15.0 Å². The summed E-state index contributed by atoms with van der Waals surface area (Å²) >= 11 is 0. The van der Waals surface area contributed by atoms with E-state index in [9.17, 15) is 9.90 Å². The predicted molar refractivity (Wildman–Crippen MR) is 147 cm³/mol. The molecule has 1 atom stereocenters. The molecule has 3 nitrogen and oxygen atoms in total. The van der Waals surface area contributed by atoms with Crippen molar-refractivity contribution in [1.82, 2.24) is 0 Å². The molecule has 0 aliphatic heterocycles. The Morgan fingerprint density at radius 1 is 0.758 bits per heavy atom. The van der Waals surface area contributed by atoms with Gasteiger partial charge in [0.1, 0.15) is 6.29 Å². The molecule has 0 aliphatic carbocycles. The Morgan fingerprint density at radius 3 is 1.55 bits per heavy atom. The summed E-state index contributed by atoms with van der Waals surface area (Å²) in [6.07, 6.45) is 18.3. The highest BCUT2D eigenvalue weighted by atomic mass is 16.3. The number of allylic oxidation sites excluding steroid dienone is 9. The predicted octanol–water partition coefficient (Wildman–Crippen LogP) is 8.22. The van der Waals surface area contributed by atoms with Crippen LogP contribution in [0.3, 0.4) is 0 Å². The summed E-state index contributed by atoms with van der Waals surface area (Å²) < 4.78 is 0. The lowest BCUT2D eigenvalue weighted by molar-refractivity contribution is -0.104. The summed E-state index contributed by atoms with van der Waals surface area (Å²) in [5, 5.41) is 18.0. The van der Waals surface area contributed by atoms with E-state index in [-0.39, 0.29) is 6.61 Å². The summed E-state index contributed by atoms with van der Waals surface area (Å²) in [5.41, 5.74) is 5.71. The standard InChI is InChI=1S/C10H18O.C10H16O.C10H18O/c2*1-9(2)5-4-6-10(3)7-8-11;1-5-10(4,11)8-6-7-9(2)3/h5,7,11H,4,6,8H2,1-3H3;5,7-8H,4,6H2,1-3H3;5,7,11H,1,6,8H2,2-4H3/b10-7-;;. The normalized spacial score (nSPS) is 12.6. The van der Waals surface area contributed by atoms with Crippen LogP contribution in [-0.2, 0) is 4.79 Å². The molecule has 0 bridgehead atoms. The van der Waals surface area contributed by atoms with Crippen molar-refractivity contribution in [3.63, 3.8) is 0 Å². The molecule has 0 saturated carbocycles. The van der Waals surface area contributed by atoms with Crippen LogP contribution in [0.15, 0.2) is 70.9 Å². The van der Waals surface area contributed by atoms with Gasteiger partial charge in [0.15, 0.2) is 0 Å². The molecule has 0 saturated heterocycles. The fraction of sp³-hybridized carbons (Fsp3) is 0.567. The molecule has 1 unspecified atom stereocenters. The fourth-order valence-corrected chi connectivity index (χ4v) is 2.39. The quantitative estimate of drug-likeness (QED) is 0.175. The molecule has 2 N–H and O–H groups in total. The van der Waals surface area contributed by atoms with Gasteiger partial charge in [-0.15, -0.1) is 6.58 Å². The van der Waals surface area contributed by atoms with E-state index in [1.165, 1.54) is 22.3 Å². The van der Waals surface area contributed by atoms with E-state index in [4.69, 9.17) is 5.11 Å². The van der Waals surface area contributed by atoms with Crippen molar-refractivity contribution in [3.8, 4) is 0 Å². The third-order valence-corrected chi connectivity index (χ3v) is 4.62. The highest BCUT2D eigenvalue weighted by molar-refractivity contribution is 5.65. The van der Waals surface area contributed by atoms with Crippen molar-refractivity contribution in [2.45, 2.75) is 106 Å². The molecule has 0 radical (unpaired) electrons. The van der Waals surface area contributed by atoms with E-state index in [0.717, 1.165) is 50.4 Å². The zero-order chi connectivity index (χ0) is 26.3. The zero-order valence-electron chi connectivity index (χ0n) is 23.0. The number of hydrogen-bond acceptors (Lipinski definition) is 3. The molecule has 0 rings (SSSR count). The van der Waals surface area contributed by atoms with Crippen LogP contribution in [0.5, 0.6) is 0 Å². The monoisotopic (exact) mass is 460 g/mol. The summed E-state index contributed by atoms with van der Waals surface area (Å²) in [6, 6.07) is 0. The summed E-state index contributed by atoms with van der Waals surface area (Å²) in [6.45, 7) is 22.0. The largest absolute Gasteiger partial charge is 0.392 e. The molecular formula is C30H52O3. The maximum Gasteiger partial charge on any atom is 0.142 e. The molecule has 33 heavy (non-hydrogen) atoms. The Balaban J connectivity index is -0.000000409. The van der Waals surface area contributed by atoms with E-state index < -0.39 is 5.60 Å². The van der Waals surface area contributed by atoms with Crippen LogP contribution in [0, 0.1) is 0 Å². The summed E-state index contributed by atoms with van der Waals surface area (Å²) in [5.74, 6) is 0. The highest BCUT2D eigenvalue weighted by Crippen LogP contribution is 2.13. The Hall–Kier alpha value is -1.97. The minimum absolute atomic E-state index is 0.167. The number of rotatable bonds is 12. The van der Waals surface area contributed by atoms with Crippen molar-refractivity contribution in [2.75, 3.05) is 6.61 Å². The van der Waals surface area contributed by atoms with E-state index in [0.29, 0.717) is 0 Å². The van der Waals surface area contributed by atoms with Crippen LogP contribution in [0.1, 0.15) is 101 Å². The highest BCUT2D eigenvalue weighted by Gasteiger charge is 2.12. The van der Waals surface area contributed by atoms with Gasteiger partial charge >= 0.3 is 0 Å². The Morgan fingerprint density at radius 2 is 1.18 bits per heavy atom. The first kappa shape index (κ1) is 35.6. The average Bonchev–Trinajstić information content (AvgIpc) is 2.68. The first-order chi connectivity index (χ1) is 15.3. The van der Waals surface area contributed by atoms with Gasteiger partial charge < -0.3 is 10.2 Å². The van der Waals surface area contributed by atoms with Gasteiger partial charge in [-0.2, -0.15) is 0 Å². The molecule has 0 spiro atoms. The van der Waals surface area contributed by atoms with Gasteiger partial charge in [-0.1, -0.05) is 58.2 Å². The van der Waals surface area contributed by atoms with E-state index in [1.54, 1.807) is 19.1 Å². The number of aliphatic hydroxyl groups excluding tert-OH is 1. The van der Waals surface area contributed by atoms with Gasteiger partial charge in [-0.25, -0.2) is 0 Å². The third kappa shape index (κ3) is 34.8. The summed E-state index contributed by atoms with van der Waals surface area (Å²) in [4.78, 5) is 10.0. The third-order valence-electron chi connectivity index (χ3n) is 4.62. The molecule has 190 valence electrons. The topological polar surface area (TPSA) is 57.5 Å². The minimum atomic E-state index is -0.702. The van der Waals surface area contributed by atoms with Gasteiger partial charge in [0.05, 0.1) is 12.2 Å². The number of carbonyl (C=O) groups excluding carboxylic acids is 1. The lowest BCUT2D eigenvalue weighted by Gasteiger charge is -2.16. The second-order valence-corrected chi connectivity index (χ2v) is 9.40. The number of aldehydes is 1. The maximum absolute atomic E-state index is 10.0. The molecule has 0 heterocycles. The van der Waals surface area contributed by atoms with Crippen molar-refractivity contribution in [2.24, 2.45) is 0 Å². The van der Waals surface area contributed by atoms with Crippen LogP contribution >= 0.6 is 0 Å². The molecule has 0 aliphatic rings. The van der Waals surface area contributed by atoms with Crippen molar-refractivity contribution in [1.29, 1.82) is 0 Å². The van der Waals surface area contributed by atoms with E-state index in [1.807, 2.05) is 13.0 Å². The van der Waals surface area contributed by atoms with E-state index >= 15 is 0 Å². The first-order valence-corrected chi connectivity index (χ1v) is 11.9. The van der Waals surface area contributed by atoms with Crippen LogP contribution in [0.25, 0.3) is 0 Å². The smallest absolute Gasteiger partial charge is 0.142 e. The Kier molecular flexibility index (Phi) is 25.0. The molecule has 0 aromatic rings. The molecule has 0 aromatic heterocycles. The number of hydrogen-bond donors (Lipinski definition) is 2. The maximum atomic E-state index is 10.0. The number of carbonyl (C=O) groups is 1. The molecule has 0 amide bonds. The molecular weight excluding hydrogens is 408 g/mol. The lowest BCUT2D eigenvalue weighted by Crippen LogP contribution is -2.19. The van der Waals surface area contributed by atoms with Crippen LogP contribution < -0.4 is 0 Å². The second kappa shape index (κ2) is 23.2. The van der Waals surface area contributed by atoms with Crippen LogP contribution in [0.2, 0.25) is 0 Å². The first-order valence-electron chi connectivity index (χ1n) is 11.9. The number of aliphatic hydroxyl groups is 2. The zero-order valence-corrected chi connectivity index (χ0v) is 23.0. The van der Waals surface area contributed by atoms with Gasteiger partial charge in [-0.3, -0.25) is 4.79 Å². The lowest BCUT2D eigenvalue weighted by atomic mass is 10.00. The van der Waals surface area contributed by atoms with Gasteiger partial charge in [0, 0.05) is 0 Å². The van der Waals surface area contributed by atoms with E-state index in [2.05, 4.69) is 73.3 Å². The minimum Gasteiger partial charge on any atom is -0.392 e. The average molecular weight is 461 g/mol. The molecule has 3 heteroatoms. The summed E-state index contributed by atoms with van der Waals surface area (Å²) in [7, 11) is 0. The van der Waals surface area contributed by atoms with Crippen LogP contribution in [-0.4, -0.2) is 28.7 Å². The van der Waals surface area contributed by atoms with Crippen molar-refractivity contribution >= 4 is 6.29 Å². The fourth-order valence-electron chi connectivity index (χ4n) is 2.39. The van der Waals surface area contributed by atoms with Gasteiger partial charge in [0.2, 0.25) is 0 Å². The SMILES string of the molecule is C=CC(C)(O)CCC=C(C)C.CC(C)=CCC/C(C)=C\CO.CC(C)=CCCC(C)=CC=O. The molecule has 0 aromatic carbocycles. The van der Waals surface area contributed by atoms with Crippen LogP contribution in [0.4, 0.5) is 0 Å².